The van der Waals surface area contributed by atoms with Gasteiger partial charge in [-0.25, -0.2) is 12.8 Å². The minimum atomic E-state index is -3.63. The summed E-state index contributed by atoms with van der Waals surface area (Å²) in [7, 11) is -3.63. The second kappa shape index (κ2) is 12.7. The smallest absolute Gasteiger partial charge is 0.243 e. The molecule has 0 aliphatic carbocycles. The van der Waals surface area contributed by atoms with E-state index in [1.807, 2.05) is 52.0 Å². The Morgan fingerprint density at radius 1 is 1.06 bits per heavy atom. The van der Waals surface area contributed by atoms with Crippen molar-refractivity contribution < 1.29 is 22.4 Å². The quantitative estimate of drug-likeness (QED) is 0.472. The summed E-state index contributed by atoms with van der Waals surface area (Å²) in [5.41, 5.74) is 2.30. The van der Waals surface area contributed by atoms with Crippen molar-refractivity contribution in [2.75, 3.05) is 17.1 Å². The lowest BCUT2D eigenvalue weighted by Crippen LogP contribution is -2.50. The Morgan fingerprint density at radius 3 is 2.23 bits per heavy atom. The first-order valence-electron chi connectivity index (χ1n) is 11.8. The monoisotopic (exact) mass is 505 g/mol. The zero-order valence-corrected chi connectivity index (χ0v) is 21.9. The van der Waals surface area contributed by atoms with Crippen LogP contribution in [0.2, 0.25) is 0 Å². The van der Waals surface area contributed by atoms with Crippen LogP contribution in [0.15, 0.2) is 48.5 Å². The molecule has 0 unspecified atom stereocenters. The van der Waals surface area contributed by atoms with Crippen molar-refractivity contribution in [1.82, 2.24) is 10.2 Å². The lowest BCUT2D eigenvalue weighted by Gasteiger charge is -2.32. The van der Waals surface area contributed by atoms with E-state index in [2.05, 4.69) is 5.32 Å². The van der Waals surface area contributed by atoms with Crippen molar-refractivity contribution >= 4 is 27.5 Å². The van der Waals surface area contributed by atoms with Gasteiger partial charge in [0.15, 0.2) is 0 Å². The molecule has 0 bridgehead atoms. The lowest BCUT2D eigenvalue weighted by atomic mass is 10.0. The largest absolute Gasteiger partial charge is 0.352 e. The van der Waals surface area contributed by atoms with Gasteiger partial charge in [-0.15, -0.1) is 0 Å². The molecule has 0 aliphatic heterocycles. The molecule has 2 amide bonds. The topological polar surface area (TPSA) is 86.8 Å². The van der Waals surface area contributed by atoms with Crippen molar-refractivity contribution in [2.45, 2.75) is 65.6 Å². The molecule has 192 valence electrons. The fraction of sp³-hybridized carbons (Fsp3) is 0.462. The molecule has 1 N–H and O–H groups in total. The third kappa shape index (κ3) is 8.35. The van der Waals surface area contributed by atoms with Gasteiger partial charge in [-0.2, -0.15) is 0 Å². The molecule has 7 nitrogen and oxygen atoms in total. The van der Waals surface area contributed by atoms with E-state index in [4.69, 9.17) is 0 Å². The third-order valence-electron chi connectivity index (χ3n) is 5.69. The number of hydrogen-bond acceptors (Lipinski definition) is 4. The van der Waals surface area contributed by atoms with E-state index in [0.29, 0.717) is 12.1 Å². The van der Waals surface area contributed by atoms with Crippen LogP contribution in [-0.4, -0.2) is 50.0 Å². The number of benzene rings is 2. The fourth-order valence-corrected chi connectivity index (χ4v) is 4.85. The summed E-state index contributed by atoms with van der Waals surface area (Å²) in [5.74, 6) is -0.908. The summed E-state index contributed by atoms with van der Waals surface area (Å²) in [6.07, 6.45) is 1.83. The Balaban J connectivity index is 2.22. The molecule has 9 heteroatoms. The Labute approximate surface area is 208 Å². The van der Waals surface area contributed by atoms with E-state index in [0.717, 1.165) is 21.7 Å². The summed E-state index contributed by atoms with van der Waals surface area (Å²) in [4.78, 5) is 27.9. The molecule has 2 aromatic carbocycles. The first-order valence-corrected chi connectivity index (χ1v) is 13.7. The third-order valence-corrected chi connectivity index (χ3v) is 6.88. The van der Waals surface area contributed by atoms with E-state index in [1.165, 1.54) is 24.3 Å². The summed E-state index contributed by atoms with van der Waals surface area (Å²) >= 11 is 0. The summed E-state index contributed by atoms with van der Waals surface area (Å²) in [6.45, 7) is 7.90. The number of nitrogens with one attached hydrogen (secondary N) is 1. The first-order chi connectivity index (χ1) is 16.4. The van der Waals surface area contributed by atoms with Crippen molar-refractivity contribution in [2.24, 2.45) is 0 Å². The highest BCUT2D eigenvalue weighted by molar-refractivity contribution is 7.92. The van der Waals surface area contributed by atoms with Crippen molar-refractivity contribution in [3.63, 3.8) is 0 Å². The van der Waals surface area contributed by atoms with E-state index in [1.54, 1.807) is 4.90 Å². The van der Waals surface area contributed by atoms with Gasteiger partial charge in [-0.1, -0.05) is 31.2 Å². The Bertz CT molecular complexity index is 1100. The second-order valence-electron chi connectivity index (χ2n) is 8.95. The van der Waals surface area contributed by atoms with Gasteiger partial charge < -0.3 is 10.2 Å². The van der Waals surface area contributed by atoms with Crippen LogP contribution in [0, 0.1) is 12.7 Å². The number of aryl methyl sites for hydroxylation is 1. The van der Waals surface area contributed by atoms with Gasteiger partial charge in [0.25, 0.3) is 0 Å². The van der Waals surface area contributed by atoms with Crippen LogP contribution in [0.3, 0.4) is 0 Å². The average Bonchev–Trinajstić information content (AvgIpc) is 2.77. The standard InChI is InChI=1S/C26H36FN3O4S/c1-6-24(26(32)28-19(2)3)29(18-21-11-8-7-10-20(21)4)25(31)12-9-17-30(35(5,33)34)23-15-13-22(27)14-16-23/h7-8,10-11,13-16,19,24H,6,9,12,17-18H2,1-5H3,(H,28,32)/t24-/m0/s1. The molecular weight excluding hydrogens is 469 g/mol. The molecule has 0 aromatic heterocycles. The number of anilines is 1. The van der Waals surface area contributed by atoms with Crippen LogP contribution in [0.1, 0.15) is 51.2 Å². The van der Waals surface area contributed by atoms with Crippen LogP contribution >= 0.6 is 0 Å². The van der Waals surface area contributed by atoms with Crippen molar-refractivity contribution in [3.05, 3.63) is 65.5 Å². The average molecular weight is 506 g/mol. The predicted octanol–water partition coefficient (Wildman–Crippen LogP) is 4.01. The maximum Gasteiger partial charge on any atom is 0.243 e. The minimum absolute atomic E-state index is 0.0589. The van der Waals surface area contributed by atoms with Crippen LogP contribution in [0.5, 0.6) is 0 Å². The fourth-order valence-electron chi connectivity index (χ4n) is 3.88. The van der Waals surface area contributed by atoms with Crippen molar-refractivity contribution in [1.29, 1.82) is 0 Å². The number of halogens is 1. The number of sulfonamides is 1. The molecule has 0 fully saturated rings. The van der Waals surface area contributed by atoms with Gasteiger partial charge >= 0.3 is 0 Å². The number of rotatable bonds is 12. The SMILES string of the molecule is CC[C@@H](C(=O)NC(C)C)N(Cc1ccccc1C)C(=O)CCCN(c1ccc(F)cc1)S(C)(=O)=O. The minimum Gasteiger partial charge on any atom is -0.352 e. The highest BCUT2D eigenvalue weighted by Gasteiger charge is 2.29. The maximum atomic E-state index is 13.4. The molecule has 35 heavy (non-hydrogen) atoms. The van der Waals surface area contributed by atoms with Gasteiger partial charge in [0.05, 0.1) is 11.9 Å². The van der Waals surface area contributed by atoms with Crippen LogP contribution in [0.25, 0.3) is 0 Å². The van der Waals surface area contributed by atoms with Crippen molar-refractivity contribution in [3.8, 4) is 0 Å². The molecular formula is C26H36FN3O4S. The first kappa shape index (κ1) is 28.3. The zero-order valence-electron chi connectivity index (χ0n) is 21.1. The van der Waals surface area contributed by atoms with E-state index in [9.17, 15) is 22.4 Å². The van der Waals surface area contributed by atoms with Crippen LogP contribution in [0.4, 0.5) is 10.1 Å². The highest BCUT2D eigenvalue weighted by atomic mass is 32.2. The molecule has 0 saturated heterocycles. The molecule has 0 radical (unpaired) electrons. The summed E-state index contributed by atoms with van der Waals surface area (Å²) < 4.78 is 39.1. The number of nitrogens with zero attached hydrogens (tertiary/aromatic N) is 2. The summed E-state index contributed by atoms with van der Waals surface area (Å²) in [6, 6.07) is 12.2. The number of hydrogen-bond donors (Lipinski definition) is 1. The highest BCUT2D eigenvalue weighted by Crippen LogP contribution is 2.20. The second-order valence-corrected chi connectivity index (χ2v) is 10.9. The molecule has 0 spiro atoms. The Hall–Kier alpha value is -2.94. The molecule has 0 aliphatic rings. The maximum absolute atomic E-state index is 13.4. The normalized spacial score (nSPS) is 12.3. The number of carbonyl (C=O) groups excluding carboxylic acids is 2. The van der Waals surface area contributed by atoms with E-state index < -0.39 is 21.9 Å². The van der Waals surface area contributed by atoms with E-state index in [-0.39, 0.29) is 43.8 Å². The molecule has 0 saturated carbocycles. The zero-order chi connectivity index (χ0) is 26.2. The van der Waals surface area contributed by atoms with Gasteiger partial charge in [-0.05, 0) is 69.0 Å². The predicted molar refractivity (Wildman–Crippen MR) is 137 cm³/mol. The molecule has 1 atom stereocenters. The van der Waals surface area contributed by atoms with Crippen LogP contribution in [-0.2, 0) is 26.2 Å². The van der Waals surface area contributed by atoms with Gasteiger partial charge in [0.2, 0.25) is 21.8 Å². The lowest BCUT2D eigenvalue weighted by molar-refractivity contribution is -0.141. The molecule has 0 heterocycles. The molecule has 2 rings (SSSR count). The molecule has 2 aromatic rings. The Kier molecular flexibility index (Phi) is 10.2. The number of amides is 2. The van der Waals surface area contributed by atoms with Gasteiger partial charge in [-0.3, -0.25) is 13.9 Å². The van der Waals surface area contributed by atoms with Crippen LogP contribution < -0.4 is 9.62 Å². The number of carbonyl (C=O) groups is 2. The Morgan fingerprint density at radius 2 is 1.69 bits per heavy atom. The summed E-state index contributed by atoms with van der Waals surface area (Å²) in [5, 5.41) is 2.90. The van der Waals surface area contributed by atoms with Gasteiger partial charge in [0, 0.05) is 25.6 Å². The van der Waals surface area contributed by atoms with E-state index >= 15 is 0 Å². The van der Waals surface area contributed by atoms with Gasteiger partial charge in [0.1, 0.15) is 11.9 Å².